The van der Waals surface area contributed by atoms with Crippen molar-refractivity contribution in [3.05, 3.63) is 172 Å². The third-order valence-electron chi connectivity index (χ3n) is 7.91. The number of aryl methyl sites for hydroxylation is 1. The number of hydrogen-bond acceptors (Lipinski definition) is 6. The Morgan fingerprint density at radius 3 is 2.02 bits per heavy atom. The van der Waals surface area contributed by atoms with Crippen molar-refractivity contribution in [3.8, 4) is 22.8 Å². The largest absolute Gasteiger partial charge is 0.489 e. The lowest BCUT2D eigenvalue weighted by molar-refractivity contribution is 0.0980. The number of aromatic nitrogens is 2. The second-order valence-electron chi connectivity index (χ2n) is 11.3. The van der Waals surface area contributed by atoms with E-state index in [2.05, 4.69) is 9.97 Å². The molecule has 0 saturated heterocycles. The van der Waals surface area contributed by atoms with E-state index < -0.39 is 0 Å². The van der Waals surface area contributed by atoms with E-state index in [-0.39, 0.29) is 11.2 Å². The van der Waals surface area contributed by atoms with Crippen molar-refractivity contribution in [1.82, 2.24) is 9.97 Å². The molecule has 0 saturated carbocycles. The molecule has 0 aliphatic rings. The van der Waals surface area contributed by atoms with Gasteiger partial charge in [-0.15, -0.1) is 0 Å². The maximum Gasteiger partial charge on any atom is 0.262 e. The van der Waals surface area contributed by atoms with Gasteiger partial charge in [0.15, 0.2) is 0 Å². The summed E-state index contributed by atoms with van der Waals surface area (Å²) >= 11 is 6.11. The SMILES string of the molecule is Cc1cnc(Cl)nc1-c1ccc(N(Cc2ccc(CN)cc2)C(=O)c2ccc(OCc3ccccc3)cc2OCc2ccccc2)cc1. The highest BCUT2D eigenvalue weighted by atomic mass is 35.5. The fraction of sp³-hybridized carbons (Fsp3) is 0.125. The molecule has 48 heavy (non-hydrogen) atoms. The van der Waals surface area contributed by atoms with Crippen LogP contribution in [0.4, 0.5) is 5.69 Å². The van der Waals surface area contributed by atoms with Crippen LogP contribution in [0.15, 0.2) is 134 Å². The van der Waals surface area contributed by atoms with Gasteiger partial charge in [-0.3, -0.25) is 4.79 Å². The Kier molecular flexibility index (Phi) is 10.4. The van der Waals surface area contributed by atoms with Gasteiger partial charge in [-0.05, 0) is 70.6 Å². The monoisotopic (exact) mass is 654 g/mol. The lowest BCUT2D eigenvalue weighted by atomic mass is 10.1. The molecule has 240 valence electrons. The van der Waals surface area contributed by atoms with Gasteiger partial charge in [-0.1, -0.05) is 97.1 Å². The number of hydrogen-bond donors (Lipinski definition) is 1. The van der Waals surface area contributed by atoms with E-state index in [0.29, 0.717) is 49.1 Å². The predicted molar refractivity (Wildman–Crippen MR) is 190 cm³/mol. The summed E-state index contributed by atoms with van der Waals surface area (Å²) < 4.78 is 12.5. The van der Waals surface area contributed by atoms with E-state index >= 15 is 0 Å². The first-order valence-electron chi connectivity index (χ1n) is 15.6. The lowest BCUT2D eigenvalue weighted by Crippen LogP contribution is -2.31. The van der Waals surface area contributed by atoms with Gasteiger partial charge in [0, 0.05) is 30.1 Å². The molecule has 0 aliphatic carbocycles. The number of ether oxygens (including phenoxy) is 2. The molecule has 1 aromatic heterocycles. The minimum absolute atomic E-state index is 0.177. The highest BCUT2D eigenvalue weighted by Crippen LogP contribution is 2.32. The summed E-state index contributed by atoms with van der Waals surface area (Å²) in [5, 5.41) is 0.177. The third-order valence-corrected chi connectivity index (χ3v) is 8.09. The van der Waals surface area contributed by atoms with Gasteiger partial charge in [0.2, 0.25) is 5.28 Å². The standard InChI is InChI=1S/C40H35ClN4O3/c1-28-24-43-40(41)44-38(28)33-16-18-34(19-17-33)45(25-30-14-12-29(23-42)13-15-30)39(46)36-21-20-35(47-26-31-8-4-2-5-9-31)22-37(36)48-27-32-10-6-3-7-11-32/h2-22,24H,23,25-27,42H2,1H3. The number of rotatable bonds is 12. The molecule has 6 rings (SSSR count). The van der Waals surface area contributed by atoms with Crippen molar-refractivity contribution >= 4 is 23.2 Å². The number of carbonyl (C=O) groups excluding carboxylic acids is 1. The Morgan fingerprint density at radius 1 is 0.750 bits per heavy atom. The van der Waals surface area contributed by atoms with E-state index in [4.69, 9.17) is 26.8 Å². The lowest BCUT2D eigenvalue weighted by Gasteiger charge is -2.25. The van der Waals surface area contributed by atoms with Crippen LogP contribution in [0.25, 0.3) is 11.3 Å². The molecular formula is C40H35ClN4O3. The molecule has 6 aromatic rings. The van der Waals surface area contributed by atoms with E-state index in [1.165, 1.54) is 0 Å². The van der Waals surface area contributed by atoms with Crippen LogP contribution in [0.3, 0.4) is 0 Å². The number of nitrogens with zero attached hydrogens (tertiary/aromatic N) is 3. The maximum atomic E-state index is 14.6. The Morgan fingerprint density at radius 2 is 1.38 bits per heavy atom. The number of nitrogens with two attached hydrogens (primary N) is 1. The summed E-state index contributed by atoms with van der Waals surface area (Å²) in [5.74, 6) is 0.816. The third kappa shape index (κ3) is 8.07. The first-order valence-corrected chi connectivity index (χ1v) is 16.0. The van der Waals surface area contributed by atoms with Crippen LogP contribution in [0.2, 0.25) is 5.28 Å². The van der Waals surface area contributed by atoms with Crippen LogP contribution in [-0.4, -0.2) is 15.9 Å². The first-order chi connectivity index (χ1) is 23.5. The van der Waals surface area contributed by atoms with Crippen molar-refractivity contribution < 1.29 is 14.3 Å². The van der Waals surface area contributed by atoms with Crippen molar-refractivity contribution in [2.24, 2.45) is 5.73 Å². The summed E-state index contributed by atoms with van der Waals surface area (Å²) in [7, 11) is 0. The Balaban J connectivity index is 1.35. The second kappa shape index (κ2) is 15.4. The summed E-state index contributed by atoms with van der Waals surface area (Å²) in [4.78, 5) is 24.8. The van der Waals surface area contributed by atoms with Gasteiger partial charge >= 0.3 is 0 Å². The molecule has 0 spiro atoms. The zero-order valence-electron chi connectivity index (χ0n) is 26.6. The molecule has 2 N–H and O–H groups in total. The number of halogens is 1. The highest BCUT2D eigenvalue weighted by Gasteiger charge is 2.23. The zero-order valence-corrected chi connectivity index (χ0v) is 27.3. The van der Waals surface area contributed by atoms with E-state index in [1.807, 2.05) is 122 Å². The minimum Gasteiger partial charge on any atom is -0.489 e. The Bertz CT molecular complexity index is 1970. The minimum atomic E-state index is -0.218. The van der Waals surface area contributed by atoms with Crippen molar-refractivity contribution in [3.63, 3.8) is 0 Å². The van der Waals surface area contributed by atoms with Gasteiger partial charge < -0.3 is 20.1 Å². The second-order valence-corrected chi connectivity index (χ2v) is 11.7. The summed E-state index contributed by atoms with van der Waals surface area (Å²) in [6.45, 7) is 3.38. The molecule has 1 amide bonds. The molecule has 1 heterocycles. The van der Waals surface area contributed by atoms with Gasteiger partial charge in [-0.2, -0.15) is 0 Å². The Labute approximate surface area is 285 Å². The average molecular weight is 655 g/mol. The van der Waals surface area contributed by atoms with Crippen LogP contribution < -0.4 is 20.1 Å². The topological polar surface area (TPSA) is 90.6 Å². The number of carbonyl (C=O) groups is 1. The molecule has 7 nitrogen and oxygen atoms in total. The van der Waals surface area contributed by atoms with Gasteiger partial charge in [0.25, 0.3) is 5.91 Å². The number of anilines is 1. The van der Waals surface area contributed by atoms with Crippen molar-refractivity contribution in [2.45, 2.75) is 33.2 Å². The van der Waals surface area contributed by atoms with Gasteiger partial charge in [-0.25, -0.2) is 9.97 Å². The van der Waals surface area contributed by atoms with Crippen LogP contribution in [0.1, 0.15) is 38.2 Å². The first kappa shape index (κ1) is 32.4. The smallest absolute Gasteiger partial charge is 0.262 e. The number of amides is 1. The molecule has 0 radical (unpaired) electrons. The fourth-order valence-corrected chi connectivity index (χ4v) is 5.40. The molecular weight excluding hydrogens is 620 g/mol. The molecule has 5 aromatic carbocycles. The molecule has 0 unspecified atom stereocenters. The van der Waals surface area contributed by atoms with Crippen LogP contribution in [0, 0.1) is 6.92 Å². The van der Waals surface area contributed by atoms with Crippen molar-refractivity contribution in [2.75, 3.05) is 4.90 Å². The van der Waals surface area contributed by atoms with Crippen LogP contribution >= 0.6 is 11.6 Å². The van der Waals surface area contributed by atoms with Crippen LogP contribution in [0.5, 0.6) is 11.5 Å². The van der Waals surface area contributed by atoms with E-state index in [9.17, 15) is 4.79 Å². The summed E-state index contributed by atoms with van der Waals surface area (Å²) in [5.41, 5.74) is 13.5. The predicted octanol–water partition coefficient (Wildman–Crippen LogP) is 8.57. The normalized spacial score (nSPS) is 10.8. The van der Waals surface area contributed by atoms with E-state index in [0.717, 1.165) is 39.1 Å². The molecule has 8 heteroatoms. The van der Waals surface area contributed by atoms with Gasteiger partial charge in [0.1, 0.15) is 24.7 Å². The summed E-state index contributed by atoms with van der Waals surface area (Å²) in [6, 6.07) is 40.8. The molecule has 0 aliphatic heterocycles. The molecule has 0 fully saturated rings. The van der Waals surface area contributed by atoms with Crippen molar-refractivity contribution in [1.29, 1.82) is 0 Å². The quantitative estimate of drug-likeness (QED) is 0.133. The fourth-order valence-electron chi connectivity index (χ4n) is 5.27. The zero-order chi connectivity index (χ0) is 33.3. The Hall–Kier alpha value is -5.50. The highest BCUT2D eigenvalue weighted by molar-refractivity contribution is 6.28. The van der Waals surface area contributed by atoms with Crippen LogP contribution in [-0.2, 0) is 26.3 Å². The van der Waals surface area contributed by atoms with Gasteiger partial charge in [0.05, 0.1) is 17.8 Å². The molecule has 0 atom stereocenters. The number of benzene rings is 5. The van der Waals surface area contributed by atoms with E-state index in [1.54, 1.807) is 23.2 Å². The summed E-state index contributed by atoms with van der Waals surface area (Å²) in [6.07, 6.45) is 1.70. The molecule has 0 bridgehead atoms. The average Bonchev–Trinajstić information content (AvgIpc) is 3.14. The maximum absolute atomic E-state index is 14.6.